The van der Waals surface area contributed by atoms with E-state index in [-0.39, 0.29) is 12.2 Å². The predicted molar refractivity (Wildman–Crippen MR) is 67.2 cm³/mol. The molecule has 2 N–H and O–H groups in total. The highest BCUT2D eigenvalue weighted by atomic mass is 35.5. The van der Waals surface area contributed by atoms with Crippen molar-refractivity contribution in [1.29, 1.82) is 0 Å². The maximum absolute atomic E-state index is 11.2. The van der Waals surface area contributed by atoms with Crippen molar-refractivity contribution >= 4 is 11.6 Å². The second kappa shape index (κ2) is 5.17. The fourth-order valence-electron chi connectivity index (χ4n) is 1.59. The minimum absolute atomic E-state index is 0.0310. The first-order chi connectivity index (χ1) is 8.19. The van der Waals surface area contributed by atoms with Gasteiger partial charge < -0.3 is 10.1 Å². The van der Waals surface area contributed by atoms with Crippen LogP contribution in [0.4, 0.5) is 0 Å². The molecule has 2 rings (SSSR count). The summed E-state index contributed by atoms with van der Waals surface area (Å²) in [7, 11) is 0. The average Bonchev–Trinajstić information content (AvgIpc) is 2.35. The minimum atomic E-state index is -0.156. The second-order valence-electron chi connectivity index (χ2n) is 3.80. The zero-order chi connectivity index (χ0) is 12.3. The number of aromatic amines is 1. The lowest BCUT2D eigenvalue weighted by Gasteiger charge is -2.04. The van der Waals surface area contributed by atoms with Crippen LogP contribution in [0, 0.1) is 0 Å². The monoisotopic (exact) mass is 249 g/mol. The third-order valence-electron chi connectivity index (χ3n) is 2.53. The van der Waals surface area contributed by atoms with Crippen LogP contribution in [-0.4, -0.2) is 10.1 Å². The molecule has 0 amide bonds. The van der Waals surface area contributed by atoms with E-state index in [1.165, 1.54) is 6.07 Å². The van der Waals surface area contributed by atoms with Crippen molar-refractivity contribution in [2.24, 2.45) is 0 Å². The third-order valence-corrected chi connectivity index (χ3v) is 2.88. The number of aliphatic hydroxyl groups excluding tert-OH is 1. The third kappa shape index (κ3) is 2.96. The summed E-state index contributed by atoms with van der Waals surface area (Å²) in [6.07, 6.45) is 0.570. The Bertz CT molecular complexity index is 560. The molecule has 1 aromatic carbocycles. The zero-order valence-electron chi connectivity index (χ0n) is 9.11. The van der Waals surface area contributed by atoms with E-state index in [1.807, 2.05) is 24.3 Å². The Hall–Kier alpha value is -1.58. The molecule has 2 aromatic rings. The number of rotatable bonds is 3. The molecule has 17 heavy (non-hydrogen) atoms. The summed E-state index contributed by atoms with van der Waals surface area (Å²) in [4.78, 5) is 13.9. The Morgan fingerprint density at radius 3 is 2.35 bits per heavy atom. The quantitative estimate of drug-likeness (QED) is 0.875. The number of hydrogen-bond donors (Lipinski definition) is 2. The van der Waals surface area contributed by atoms with E-state index >= 15 is 0 Å². The summed E-state index contributed by atoms with van der Waals surface area (Å²) in [6, 6.07) is 10.5. The lowest BCUT2D eigenvalue weighted by atomic mass is 10.1. The van der Waals surface area contributed by atoms with Crippen molar-refractivity contribution in [3.05, 3.63) is 68.6 Å². The van der Waals surface area contributed by atoms with Crippen LogP contribution in [-0.2, 0) is 13.0 Å². The molecule has 0 aliphatic carbocycles. The van der Waals surface area contributed by atoms with Crippen LogP contribution in [0.5, 0.6) is 0 Å². The molecule has 0 unspecified atom stereocenters. The van der Waals surface area contributed by atoms with Crippen LogP contribution in [0.1, 0.15) is 16.8 Å². The Morgan fingerprint density at radius 1 is 1.06 bits per heavy atom. The van der Waals surface area contributed by atoms with Crippen LogP contribution < -0.4 is 5.56 Å². The van der Waals surface area contributed by atoms with E-state index in [4.69, 9.17) is 16.7 Å². The summed E-state index contributed by atoms with van der Waals surface area (Å²) < 4.78 is 0. The lowest BCUT2D eigenvalue weighted by molar-refractivity contribution is 0.282. The highest BCUT2D eigenvalue weighted by molar-refractivity contribution is 6.31. The molecule has 0 spiro atoms. The number of aliphatic hydroxyl groups is 1. The van der Waals surface area contributed by atoms with Crippen molar-refractivity contribution in [1.82, 2.24) is 4.98 Å². The molecule has 0 saturated heterocycles. The molecular weight excluding hydrogens is 238 g/mol. The van der Waals surface area contributed by atoms with Gasteiger partial charge in [-0.1, -0.05) is 35.9 Å². The van der Waals surface area contributed by atoms with Crippen LogP contribution >= 0.6 is 11.6 Å². The molecule has 3 nitrogen and oxygen atoms in total. The van der Waals surface area contributed by atoms with Gasteiger partial charge >= 0.3 is 0 Å². The van der Waals surface area contributed by atoms with Crippen molar-refractivity contribution in [2.45, 2.75) is 13.0 Å². The van der Waals surface area contributed by atoms with Gasteiger partial charge in [-0.15, -0.1) is 0 Å². The molecule has 0 atom stereocenters. The molecule has 0 saturated carbocycles. The van der Waals surface area contributed by atoms with E-state index in [1.54, 1.807) is 6.07 Å². The van der Waals surface area contributed by atoms with Crippen molar-refractivity contribution < 1.29 is 5.11 Å². The van der Waals surface area contributed by atoms with Crippen LogP contribution in [0.25, 0.3) is 0 Å². The van der Waals surface area contributed by atoms with Gasteiger partial charge in [-0.3, -0.25) is 4.79 Å². The Morgan fingerprint density at radius 2 is 1.71 bits per heavy atom. The maximum Gasteiger partial charge on any atom is 0.248 e. The minimum Gasteiger partial charge on any atom is -0.392 e. The Labute approximate surface area is 104 Å². The lowest BCUT2D eigenvalue weighted by Crippen LogP contribution is -2.07. The molecule has 0 aliphatic heterocycles. The summed E-state index contributed by atoms with van der Waals surface area (Å²) in [5.41, 5.74) is 2.44. The molecule has 0 bridgehead atoms. The van der Waals surface area contributed by atoms with Crippen molar-refractivity contribution in [3.8, 4) is 0 Å². The van der Waals surface area contributed by atoms with E-state index in [0.717, 1.165) is 11.1 Å². The number of nitrogens with one attached hydrogen (secondary N) is 1. The van der Waals surface area contributed by atoms with Gasteiger partial charge in [-0.2, -0.15) is 0 Å². The van der Waals surface area contributed by atoms with Gasteiger partial charge in [0.15, 0.2) is 0 Å². The van der Waals surface area contributed by atoms with E-state index < -0.39 is 0 Å². The van der Waals surface area contributed by atoms with Gasteiger partial charge in [-0.05, 0) is 17.2 Å². The van der Waals surface area contributed by atoms with Gasteiger partial charge in [0.2, 0.25) is 5.56 Å². The average molecular weight is 250 g/mol. The highest BCUT2D eigenvalue weighted by Crippen LogP contribution is 2.15. The number of pyridine rings is 1. The fraction of sp³-hybridized carbons (Fsp3) is 0.154. The first kappa shape index (κ1) is 11.9. The van der Waals surface area contributed by atoms with E-state index in [0.29, 0.717) is 17.1 Å². The molecule has 0 aliphatic rings. The van der Waals surface area contributed by atoms with Gasteiger partial charge in [0.25, 0.3) is 0 Å². The van der Waals surface area contributed by atoms with Gasteiger partial charge in [0.1, 0.15) is 0 Å². The normalized spacial score (nSPS) is 10.5. The summed E-state index contributed by atoms with van der Waals surface area (Å²) >= 11 is 5.99. The van der Waals surface area contributed by atoms with Crippen molar-refractivity contribution in [2.75, 3.05) is 0 Å². The molecule has 0 fully saturated rings. The fourth-order valence-corrected chi connectivity index (χ4v) is 1.77. The molecule has 1 aromatic heterocycles. The molecule has 88 valence electrons. The molecule has 4 heteroatoms. The van der Waals surface area contributed by atoms with Crippen LogP contribution in [0.2, 0.25) is 5.02 Å². The Balaban J connectivity index is 2.24. The standard InChI is InChI=1S/C13H12ClNO2/c14-11-5-6-13(17)15-12(11)7-9-1-3-10(8-16)4-2-9/h1-6,16H,7-8H2,(H,15,17). The first-order valence-corrected chi connectivity index (χ1v) is 5.63. The summed E-state index contributed by atoms with van der Waals surface area (Å²) in [5, 5.41) is 9.48. The molecule has 1 heterocycles. The van der Waals surface area contributed by atoms with Crippen LogP contribution in [0.3, 0.4) is 0 Å². The van der Waals surface area contributed by atoms with Gasteiger partial charge in [-0.25, -0.2) is 0 Å². The number of H-pyrrole nitrogens is 1. The molecular formula is C13H12ClNO2. The Kier molecular flexibility index (Phi) is 3.61. The molecule has 0 radical (unpaired) electrons. The summed E-state index contributed by atoms with van der Waals surface area (Å²) in [6.45, 7) is 0.0310. The first-order valence-electron chi connectivity index (χ1n) is 5.25. The van der Waals surface area contributed by atoms with Crippen LogP contribution in [0.15, 0.2) is 41.2 Å². The number of aromatic nitrogens is 1. The van der Waals surface area contributed by atoms with Gasteiger partial charge in [0, 0.05) is 18.2 Å². The largest absolute Gasteiger partial charge is 0.392 e. The topological polar surface area (TPSA) is 53.1 Å². The number of halogens is 1. The van der Waals surface area contributed by atoms with Gasteiger partial charge in [0.05, 0.1) is 11.6 Å². The van der Waals surface area contributed by atoms with Crippen molar-refractivity contribution in [3.63, 3.8) is 0 Å². The SMILES string of the molecule is O=c1ccc(Cl)c(Cc2ccc(CO)cc2)[nH]1. The summed E-state index contributed by atoms with van der Waals surface area (Å²) in [5.74, 6) is 0. The number of hydrogen-bond acceptors (Lipinski definition) is 2. The predicted octanol–water partition coefficient (Wildman–Crippen LogP) is 2.11. The zero-order valence-corrected chi connectivity index (χ0v) is 9.87. The number of benzene rings is 1. The smallest absolute Gasteiger partial charge is 0.248 e. The van der Waals surface area contributed by atoms with E-state index in [9.17, 15) is 4.79 Å². The van der Waals surface area contributed by atoms with E-state index in [2.05, 4.69) is 4.98 Å². The second-order valence-corrected chi connectivity index (χ2v) is 4.21. The highest BCUT2D eigenvalue weighted by Gasteiger charge is 2.02. The maximum atomic E-state index is 11.2.